The molecule has 0 spiro atoms. The standard InChI is InChI=1S/C19H22ClFN4O2/c20-14-1-2-15-16(9-14)22-10-17(24-15)25-6-4-19(21,5-7-25)12-23-18(26)13-3-8-27-11-13/h1-2,9-10,13H,3-8,11-12H2,(H,23,26). The third kappa shape index (κ3) is 4.14. The summed E-state index contributed by atoms with van der Waals surface area (Å²) in [7, 11) is 0. The van der Waals surface area contributed by atoms with Gasteiger partial charge in [-0.2, -0.15) is 0 Å². The molecule has 1 aromatic heterocycles. The Kier molecular flexibility index (Phi) is 5.14. The van der Waals surface area contributed by atoms with Crippen molar-refractivity contribution in [1.82, 2.24) is 15.3 Å². The zero-order chi connectivity index (χ0) is 18.9. The Morgan fingerprint density at radius 2 is 2.19 bits per heavy atom. The normalized spacial score (nSPS) is 22.1. The number of carbonyl (C=O) groups is 1. The average molecular weight is 393 g/mol. The number of carbonyl (C=O) groups excluding carboxylic acids is 1. The second kappa shape index (κ2) is 7.56. The summed E-state index contributed by atoms with van der Waals surface area (Å²) in [4.78, 5) is 23.1. The number of ether oxygens (including phenoxy) is 1. The first-order valence-corrected chi connectivity index (χ1v) is 9.62. The highest BCUT2D eigenvalue weighted by Gasteiger charge is 2.36. The number of fused-ring (bicyclic) bond motifs is 1. The predicted octanol–water partition coefficient (Wildman–Crippen LogP) is 2.74. The van der Waals surface area contributed by atoms with Crippen LogP contribution in [-0.4, -0.2) is 54.4 Å². The van der Waals surface area contributed by atoms with Crippen molar-refractivity contribution in [3.63, 3.8) is 0 Å². The van der Waals surface area contributed by atoms with E-state index in [1.165, 1.54) is 0 Å². The van der Waals surface area contributed by atoms with E-state index in [-0.39, 0.29) is 18.4 Å². The van der Waals surface area contributed by atoms with Gasteiger partial charge in [0.05, 0.1) is 36.3 Å². The van der Waals surface area contributed by atoms with E-state index in [0.29, 0.717) is 50.6 Å². The molecule has 2 aromatic rings. The number of anilines is 1. The van der Waals surface area contributed by atoms with Crippen molar-refractivity contribution in [2.24, 2.45) is 5.92 Å². The second-order valence-electron chi connectivity index (χ2n) is 7.28. The van der Waals surface area contributed by atoms with E-state index in [1.807, 2.05) is 11.0 Å². The van der Waals surface area contributed by atoms with Gasteiger partial charge in [-0.15, -0.1) is 0 Å². The predicted molar refractivity (Wildman–Crippen MR) is 102 cm³/mol. The van der Waals surface area contributed by atoms with Gasteiger partial charge in [0.25, 0.3) is 0 Å². The molecule has 1 amide bonds. The van der Waals surface area contributed by atoms with Gasteiger partial charge in [-0.05, 0) is 24.6 Å². The number of hydrogen-bond acceptors (Lipinski definition) is 5. The summed E-state index contributed by atoms with van der Waals surface area (Å²) < 4.78 is 20.3. The summed E-state index contributed by atoms with van der Waals surface area (Å²) in [6, 6.07) is 5.39. The fraction of sp³-hybridized carbons (Fsp3) is 0.526. The molecule has 2 fully saturated rings. The fourth-order valence-electron chi connectivity index (χ4n) is 3.57. The average Bonchev–Trinajstić information content (AvgIpc) is 3.21. The van der Waals surface area contributed by atoms with Crippen molar-refractivity contribution < 1.29 is 13.9 Å². The highest BCUT2D eigenvalue weighted by molar-refractivity contribution is 6.31. The molecule has 0 saturated carbocycles. The molecule has 27 heavy (non-hydrogen) atoms. The van der Waals surface area contributed by atoms with Crippen molar-refractivity contribution in [3.05, 3.63) is 29.4 Å². The minimum absolute atomic E-state index is 0.0536. The number of benzene rings is 1. The Bertz CT molecular complexity index is 836. The number of halogens is 2. The molecule has 2 saturated heterocycles. The van der Waals surface area contributed by atoms with Gasteiger partial charge in [0.15, 0.2) is 0 Å². The van der Waals surface area contributed by atoms with Gasteiger partial charge in [-0.3, -0.25) is 9.78 Å². The van der Waals surface area contributed by atoms with Gasteiger partial charge >= 0.3 is 0 Å². The molecule has 1 unspecified atom stereocenters. The van der Waals surface area contributed by atoms with Crippen molar-refractivity contribution in [2.45, 2.75) is 24.9 Å². The highest BCUT2D eigenvalue weighted by atomic mass is 35.5. The molecule has 0 bridgehead atoms. The van der Waals surface area contributed by atoms with Gasteiger partial charge < -0.3 is 15.0 Å². The molecular formula is C19H22ClFN4O2. The minimum atomic E-state index is -1.39. The van der Waals surface area contributed by atoms with Crippen LogP contribution in [0.5, 0.6) is 0 Å². The number of aromatic nitrogens is 2. The smallest absolute Gasteiger partial charge is 0.225 e. The van der Waals surface area contributed by atoms with E-state index in [1.54, 1.807) is 18.3 Å². The van der Waals surface area contributed by atoms with Crippen molar-refractivity contribution in [1.29, 1.82) is 0 Å². The molecule has 2 aliphatic heterocycles. The maximum atomic E-state index is 15.1. The van der Waals surface area contributed by atoms with Crippen LogP contribution in [0.4, 0.5) is 10.2 Å². The van der Waals surface area contributed by atoms with Crippen LogP contribution in [0.15, 0.2) is 24.4 Å². The number of nitrogens with zero attached hydrogens (tertiary/aromatic N) is 3. The van der Waals surface area contributed by atoms with Gasteiger partial charge in [0, 0.05) is 37.6 Å². The molecule has 4 rings (SSSR count). The number of amides is 1. The first kappa shape index (κ1) is 18.4. The minimum Gasteiger partial charge on any atom is -0.381 e. The maximum absolute atomic E-state index is 15.1. The zero-order valence-electron chi connectivity index (χ0n) is 15.0. The Morgan fingerprint density at radius 3 is 2.93 bits per heavy atom. The first-order valence-electron chi connectivity index (χ1n) is 9.24. The Labute approximate surface area is 162 Å². The van der Waals surface area contributed by atoms with Crippen LogP contribution in [0.1, 0.15) is 19.3 Å². The monoisotopic (exact) mass is 392 g/mol. The molecule has 3 heterocycles. The maximum Gasteiger partial charge on any atom is 0.225 e. The van der Waals surface area contributed by atoms with Crippen LogP contribution in [0.3, 0.4) is 0 Å². The molecule has 6 nitrogen and oxygen atoms in total. The second-order valence-corrected chi connectivity index (χ2v) is 7.71. The van der Waals surface area contributed by atoms with Crippen LogP contribution in [0.25, 0.3) is 11.0 Å². The van der Waals surface area contributed by atoms with Gasteiger partial charge in [0.2, 0.25) is 5.91 Å². The molecule has 1 aromatic carbocycles. The lowest BCUT2D eigenvalue weighted by atomic mass is 9.93. The molecule has 8 heteroatoms. The third-order valence-corrected chi connectivity index (χ3v) is 5.59. The summed E-state index contributed by atoms with van der Waals surface area (Å²) in [5.74, 6) is 0.486. The van der Waals surface area contributed by atoms with Gasteiger partial charge in [-0.25, -0.2) is 9.37 Å². The molecule has 1 atom stereocenters. The third-order valence-electron chi connectivity index (χ3n) is 5.36. The van der Waals surface area contributed by atoms with E-state index >= 15 is 4.39 Å². The van der Waals surface area contributed by atoms with Gasteiger partial charge in [0.1, 0.15) is 11.5 Å². The summed E-state index contributed by atoms with van der Waals surface area (Å²) in [6.07, 6.45) is 3.10. The number of nitrogens with one attached hydrogen (secondary N) is 1. The van der Waals surface area contributed by atoms with Crippen LogP contribution in [-0.2, 0) is 9.53 Å². The quantitative estimate of drug-likeness (QED) is 0.866. The molecular weight excluding hydrogens is 371 g/mol. The fourth-order valence-corrected chi connectivity index (χ4v) is 3.74. The Hall–Kier alpha value is -1.99. The molecule has 1 N–H and O–H groups in total. The molecule has 0 radical (unpaired) electrons. The summed E-state index contributed by atoms with van der Waals surface area (Å²) in [6.45, 7) is 2.16. The Balaban J connectivity index is 1.35. The van der Waals surface area contributed by atoms with Crippen molar-refractivity contribution in [2.75, 3.05) is 37.7 Å². The molecule has 2 aliphatic rings. The lowest BCUT2D eigenvalue weighted by molar-refractivity contribution is -0.125. The zero-order valence-corrected chi connectivity index (χ0v) is 15.7. The van der Waals surface area contributed by atoms with Crippen LogP contribution >= 0.6 is 11.6 Å². The topological polar surface area (TPSA) is 67.4 Å². The van der Waals surface area contributed by atoms with Crippen LogP contribution < -0.4 is 10.2 Å². The molecule has 144 valence electrons. The largest absolute Gasteiger partial charge is 0.381 e. The number of piperidine rings is 1. The summed E-state index contributed by atoms with van der Waals surface area (Å²) in [5.41, 5.74) is 0.116. The highest BCUT2D eigenvalue weighted by Crippen LogP contribution is 2.29. The van der Waals surface area contributed by atoms with Crippen LogP contribution in [0, 0.1) is 5.92 Å². The van der Waals surface area contributed by atoms with Crippen molar-refractivity contribution in [3.8, 4) is 0 Å². The van der Waals surface area contributed by atoms with E-state index in [0.717, 1.165) is 16.9 Å². The lowest BCUT2D eigenvalue weighted by Crippen LogP contribution is -2.49. The number of hydrogen-bond donors (Lipinski definition) is 1. The lowest BCUT2D eigenvalue weighted by Gasteiger charge is -2.37. The SMILES string of the molecule is O=C(NCC1(F)CCN(c2cnc3cc(Cl)ccc3n2)CC1)C1CCOC1. The van der Waals surface area contributed by atoms with Crippen molar-refractivity contribution >= 4 is 34.4 Å². The van der Waals surface area contributed by atoms with E-state index in [2.05, 4.69) is 15.3 Å². The van der Waals surface area contributed by atoms with E-state index < -0.39 is 5.67 Å². The van der Waals surface area contributed by atoms with Crippen LogP contribution in [0.2, 0.25) is 5.02 Å². The van der Waals surface area contributed by atoms with E-state index in [4.69, 9.17) is 16.3 Å². The number of rotatable bonds is 4. The number of alkyl halides is 1. The Morgan fingerprint density at radius 1 is 1.37 bits per heavy atom. The summed E-state index contributed by atoms with van der Waals surface area (Å²) in [5, 5.41) is 3.39. The van der Waals surface area contributed by atoms with E-state index in [9.17, 15) is 4.79 Å². The molecule has 0 aliphatic carbocycles. The summed E-state index contributed by atoms with van der Waals surface area (Å²) >= 11 is 5.98. The van der Waals surface area contributed by atoms with Gasteiger partial charge in [-0.1, -0.05) is 11.6 Å². The first-order chi connectivity index (χ1) is 13.0.